The molecule has 0 aliphatic heterocycles. The van der Waals surface area contributed by atoms with Crippen molar-refractivity contribution < 1.29 is 23.9 Å². The highest BCUT2D eigenvalue weighted by molar-refractivity contribution is 6.00. The summed E-state index contributed by atoms with van der Waals surface area (Å²) in [6.07, 6.45) is 5.54. The molecule has 9 nitrogen and oxygen atoms in total. The molecular weight excluding hydrogens is 532 g/mol. The fourth-order valence-corrected chi connectivity index (χ4v) is 4.46. The third-order valence-electron chi connectivity index (χ3n) is 6.61. The van der Waals surface area contributed by atoms with Crippen LogP contribution in [0.4, 0.5) is 10.5 Å². The molecule has 2 aromatic rings. The van der Waals surface area contributed by atoms with E-state index in [-0.39, 0.29) is 0 Å². The van der Waals surface area contributed by atoms with Crippen molar-refractivity contribution >= 4 is 29.5 Å². The number of carbonyl (C=O) groups excluding carboxylic acids is 4. The number of primary amides is 1. The lowest BCUT2D eigenvalue weighted by Gasteiger charge is -2.38. The van der Waals surface area contributed by atoms with E-state index in [1.807, 2.05) is 26.0 Å². The summed E-state index contributed by atoms with van der Waals surface area (Å²) in [7, 11) is 0. The molecule has 226 valence electrons. The Morgan fingerprint density at radius 3 is 2.14 bits per heavy atom. The lowest BCUT2D eigenvalue weighted by molar-refractivity contribution is -0.144. The van der Waals surface area contributed by atoms with Crippen molar-refractivity contribution in [3.05, 3.63) is 65.2 Å². The van der Waals surface area contributed by atoms with Gasteiger partial charge in [-0.15, -0.1) is 6.42 Å². The summed E-state index contributed by atoms with van der Waals surface area (Å²) in [4.78, 5) is 54.7. The van der Waals surface area contributed by atoms with Crippen LogP contribution in [0.25, 0.3) is 0 Å². The molecular formula is C33H44N4O5. The summed E-state index contributed by atoms with van der Waals surface area (Å²) in [5.74, 6) is 1.01. The van der Waals surface area contributed by atoms with E-state index in [2.05, 4.69) is 30.4 Å². The van der Waals surface area contributed by atoms with E-state index in [1.54, 1.807) is 57.2 Å². The zero-order chi connectivity index (χ0) is 31.6. The van der Waals surface area contributed by atoms with Crippen LogP contribution in [0.1, 0.15) is 83.5 Å². The van der Waals surface area contributed by atoms with Gasteiger partial charge in [-0.05, 0) is 82.7 Å². The Kier molecular flexibility index (Phi) is 12.2. The number of terminal acetylenes is 1. The molecule has 9 heteroatoms. The second-order valence-corrected chi connectivity index (χ2v) is 11.9. The van der Waals surface area contributed by atoms with Crippen molar-refractivity contribution in [2.75, 3.05) is 5.32 Å². The van der Waals surface area contributed by atoms with E-state index in [0.717, 1.165) is 12.0 Å². The Labute approximate surface area is 249 Å². The predicted molar refractivity (Wildman–Crippen MR) is 164 cm³/mol. The Morgan fingerprint density at radius 1 is 1.00 bits per heavy atom. The first-order valence-corrected chi connectivity index (χ1v) is 14.2. The normalized spacial score (nSPS) is 13.3. The van der Waals surface area contributed by atoms with Crippen LogP contribution in [-0.2, 0) is 19.1 Å². The Morgan fingerprint density at radius 2 is 1.62 bits per heavy atom. The number of nitrogens with two attached hydrogens (primary N) is 1. The van der Waals surface area contributed by atoms with Crippen LogP contribution in [0.15, 0.2) is 48.5 Å². The van der Waals surface area contributed by atoms with Gasteiger partial charge in [0.15, 0.2) is 0 Å². The highest BCUT2D eigenvalue weighted by atomic mass is 16.6. The first-order valence-electron chi connectivity index (χ1n) is 14.2. The highest BCUT2D eigenvalue weighted by Crippen LogP contribution is 2.30. The van der Waals surface area contributed by atoms with Gasteiger partial charge in [0.05, 0.1) is 6.42 Å². The summed E-state index contributed by atoms with van der Waals surface area (Å²) in [6.45, 7) is 12.9. The minimum absolute atomic E-state index is 0.333. The molecule has 0 bridgehead atoms. The van der Waals surface area contributed by atoms with Gasteiger partial charge in [-0.3, -0.25) is 14.4 Å². The van der Waals surface area contributed by atoms with Crippen molar-refractivity contribution in [3.63, 3.8) is 0 Å². The van der Waals surface area contributed by atoms with E-state index in [1.165, 1.54) is 4.90 Å². The summed E-state index contributed by atoms with van der Waals surface area (Å²) >= 11 is 0. The summed E-state index contributed by atoms with van der Waals surface area (Å²) in [5.41, 5.74) is 7.23. The Bertz CT molecular complexity index is 1290. The Hall–Kier alpha value is -4.32. The maximum Gasteiger partial charge on any atom is 0.408 e. The third kappa shape index (κ3) is 10.3. The number of ether oxygens (including phenoxy) is 1. The molecule has 3 atom stereocenters. The van der Waals surface area contributed by atoms with Gasteiger partial charge in [0.25, 0.3) is 5.91 Å². The summed E-state index contributed by atoms with van der Waals surface area (Å²) in [6, 6.07) is 11.2. The SMILES string of the molecule is C#Cc1ccc(C(C(=O)Nc2ccccc2C)N(C(=O)C(CC(N)=O)NC(=O)OC(C)(C)C)C(C)CCC(C)C)cc1. The maximum absolute atomic E-state index is 14.4. The van der Waals surface area contributed by atoms with Crippen LogP contribution in [0.2, 0.25) is 0 Å². The number of benzene rings is 2. The highest BCUT2D eigenvalue weighted by Gasteiger charge is 2.39. The lowest BCUT2D eigenvalue weighted by Crippen LogP contribution is -2.55. The van der Waals surface area contributed by atoms with Gasteiger partial charge in [0.1, 0.15) is 17.7 Å². The van der Waals surface area contributed by atoms with Gasteiger partial charge in [0, 0.05) is 17.3 Å². The second-order valence-electron chi connectivity index (χ2n) is 11.9. The smallest absolute Gasteiger partial charge is 0.408 e. The number of amides is 4. The molecule has 2 rings (SSSR count). The number of nitrogens with one attached hydrogen (secondary N) is 2. The number of rotatable bonds is 12. The molecule has 2 aromatic carbocycles. The van der Waals surface area contributed by atoms with Crippen LogP contribution < -0.4 is 16.4 Å². The molecule has 0 aliphatic rings. The largest absolute Gasteiger partial charge is 0.444 e. The predicted octanol–water partition coefficient (Wildman–Crippen LogP) is 5.08. The average Bonchev–Trinajstić information content (AvgIpc) is 2.89. The molecule has 0 aromatic heterocycles. The average molecular weight is 577 g/mol. The minimum atomic E-state index is -1.36. The first kappa shape index (κ1) is 33.9. The molecule has 4 amide bonds. The van der Waals surface area contributed by atoms with Crippen molar-refractivity contribution in [1.82, 2.24) is 10.2 Å². The number of nitrogens with zero attached hydrogens (tertiary/aromatic N) is 1. The number of carbonyl (C=O) groups is 4. The maximum atomic E-state index is 14.4. The number of para-hydroxylation sites is 1. The van der Waals surface area contributed by atoms with Crippen molar-refractivity contribution in [2.24, 2.45) is 11.7 Å². The van der Waals surface area contributed by atoms with Crippen molar-refractivity contribution in [1.29, 1.82) is 0 Å². The summed E-state index contributed by atoms with van der Waals surface area (Å²) in [5, 5.41) is 5.48. The van der Waals surface area contributed by atoms with Crippen molar-refractivity contribution in [3.8, 4) is 12.3 Å². The zero-order valence-electron chi connectivity index (χ0n) is 25.7. The van der Waals surface area contributed by atoms with E-state index in [0.29, 0.717) is 29.2 Å². The number of anilines is 1. The number of hydrogen-bond acceptors (Lipinski definition) is 5. The number of hydrogen-bond donors (Lipinski definition) is 3. The van der Waals surface area contributed by atoms with Gasteiger partial charge in [-0.25, -0.2) is 4.79 Å². The van der Waals surface area contributed by atoms with E-state index in [9.17, 15) is 19.2 Å². The van der Waals surface area contributed by atoms with Gasteiger partial charge in [-0.1, -0.05) is 50.1 Å². The van der Waals surface area contributed by atoms with E-state index >= 15 is 0 Å². The first-order chi connectivity index (χ1) is 19.6. The lowest BCUT2D eigenvalue weighted by atomic mass is 9.96. The van der Waals surface area contributed by atoms with Crippen LogP contribution in [-0.4, -0.2) is 46.4 Å². The van der Waals surface area contributed by atoms with Crippen LogP contribution >= 0.6 is 0 Å². The molecule has 0 aliphatic carbocycles. The molecule has 4 N–H and O–H groups in total. The van der Waals surface area contributed by atoms with Crippen LogP contribution in [0.5, 0.6) is 0 Å². The van der Waals surface area contributed by atoms with Crippen molar-refractivity contribution in [2.45, 2.75) is 91.5 Å². The molecule has 0 radical (unpaired) electrons. The summed E-state index contributed by atoms with van der Waals surface area (Å²) < 4.78 is 5.36. The zero-order valence-corrected chi connectivity index (χ0v) is 25.7. The topological polar surface area (TPSA) is 131 Å². The van der Waals surface area contributed by atoms with E-state index < -0.39 is 54.0 Å². The van der Waals surface area contributed by atoms with E-state index in [4.69, 9.17) is 16.9 Å². The van der Waals surface area contributed by atoms with Crippen LogP contribution in [0, 0.1) is 25.2 Å². The molecule has 42 heavy (non-hydrogen) atoms. The molecule has 0 saturated heterocycles. The second kappa shape index (κ2) is 15.1. The van der Waals surface area contributed by atoms with Gasteiger partial charge >= 0.3 is 6.09 Å². The standard InChI is InChI=1S/C33H44N4O5/c1-9-24-16-18-25(19-17-24)29(30(39)35-26-13-11-10-12-22(26)4)37(23(5)15-14-21(2)3)31(40)27(20-28(34)38)36-32(41)42-33(6,7)8/h1,10-13,16-19,21,23,27,29H,14-15,20H2,2-8H3,(H2,34,38)(H,35,39)(H,36,41). The van der Waals surface area contributed by atoms with Gasteiger partial charge in [-0.2, -0.15) is 0 Å². The van der Waals surface area contributed by atoms with Gasteiger partial charge < -0.3 is 26.0 Å². The molecule has 3 unspecified atom stereocenters. The molecule has 0 saturated carbocycles. The minimum Gasteiger partial charge on any atom is -0.444 e. The molecule has 0 spiro atoms. The van der Waals surface area contributed by atoms with Gasteiger partial charge in [0.2, 0.25) is 11.8 Å². The fourth-order valence-electron chi connectivity index (χ4n) is 4.46. The fraction of sp³-hybridized carbons (Fsp3) is 0.455. The number of aryl methyl sites for hydroxylation is 1. The molecule has 0 fully saturated rings. The monoisotopic (exact) mass is 576 g/mol. The third-order valence-corrected chi connectivity index (χ3v) is 6.61. The Balaban J connectivity index is 2.67. The molecule has 0 heterocycles. The van der Waals surface area contributed by atoms with Crippen LogP contribution in [0.3, 0.4) is 0 Å². The quantitative estimate of drug-likeness (QED) is 0.304. The number of alkyl carbamates (subject to hydrolysis) is 1.